The molecular weight excluding hydrogens is 256 g/mol. The van der Waals surface area contributed by atoms with Crippen LogP contribution in [0.1, 0.15) is 18.5 Å². The van der Waals surface area contributed by atoms with Crippen LogP contribution >= 0.6 is 11.6 Å². The lowest BCUT2D eigenvalue weighted by molar-refractivity contribution is -0.117. The quantitative estimate of drug-likeness (QED) is 0.820. The number of halogens is 1. The van der Waals surface area contributed by atoms with Crippen LogP contribution in [0.15, 0.2) is 24.3 Å². The number of imide groups is 1. The average Bonchev–Trinajstić information content (AvgIpc) is 2.38. The van der Waals surface area contributed by atoms with E-state index in [2.05, 4.69) is 10.6 Å². The molecule has 0 aromatic heterocycles. The Hall–Kier alpha value is -1.75. The summed E-state index contributed by atoms with van der Waals surface area (Å²) in [6.45, 7) is 1.81. The summed E-state index contributed by atoms with van der Waals surface area (Å²) in [5.41, 5.74) is 0.907. The van der Waals surface area contributed by atoms with Crippen LogP contribution in [-0.2, 0) is 4.79 Å². The Bertz CT molecular complexity index is 420. The van der Waals surface area contributed by atoms with Gasteiger partial charge in [-0.2, -0.15) is 0 Å². The number of amides is 3. The molecule has 0 bridgehead atoms. The van der Waals surface area contributed by atoms with E-state index in [1.807, 2.05) is 19.1 Å². The highest BCUT2D eigenvalue weighted by Crippen LogP contribution is 2.16. The van der Waals surface area contributed by atoms with Gasteiger partial charge in [-0.3, -0.25) is 10.1 Å². The van der Waals surface area contributed by atoms with Gasteiger partial charge in [0.2, 0.25) is 5.91 Å². The van der Waals surface area contributed by atoms with E-state index in [-0.39, 0.29) is 11.9 Å². The summed E-state index contributed by atoms with van der Waals surface area (Å²) >= 11 is 5.28. The molecule has 2 N–H and O–H groups in total. The van der Waals surface area contributed by atoms with Gasteiger partial charge in [-0.1, -0.05) is 12.1 Å². The van der Waals surface area contributed by atoms with E-state index in [1.165, 1.54) is 0 Å². The lowest BCUT2D eigenvalue weighted by atomic mass is 10.1. The number of urea groups is 1. The molecule has 6 heteroatoms. The third-order valence-corrected chi connectivity index (χ3v) is 2.58. The summed E-state index contributed by atoms with van der Waals surface area (Å²) in [6, 6.07) is 6.49. The number of methoxy groups -OCH3 is 1. The molecule has 1 unspecified atom stereocenters. The SMILES string of the molecule is COc1ccc(C(C)NC(=O)NC(=O)CCl)cc1. The van der Waals surface area contributed by atoms with E-state index in [0.717, 1.165) is 11.3 Å². The lowest BCUT2D eigenvalue weighted by Gasteiger charge is -2.14. The van der Waals surface area contributed by atoms with Crippen molar-refractivity contribution in [1.82, 2.24) is 10.6 Å². The van der Waals surface area contributed by atoms with Gasteiger partial charge in [-0.05, 0) is 24.6 Å². The third kappa shape index (κ3) is 4.25. The molecule has 0 heterocycles. The molecule has 0 aliphatic heterocycles. The molecule has 3 amide bonds. The van der Waals surface area contributed by atoms with Crippen molar-refractivity contribution >= 4 is 23.5 Å². The monoisotopic (exact) mass is 270 g/mol. The summed E-state index contributed by atoms with van der Waals surface area (Å²) in [5, 5.41) is 4.74. The first-order valence-corrected chi connectivity index (χ1v) is 5.90. The maximum Gasteiger partial charge on any atom is 0.321 e. The summed E-state index contributed by atoms with van der Waals surface area (Å²) in [6.07, 6.45) is 0. The van der Waals surface area contributed by atoms with E-state index in [1.54, 1.807) is 19.2 Å². The first-order valence-electron chi connectivity index (χ1n) is 5.37. The van der Waals surface area contributed by atoms with Gasteiger partial charge >= 0.3 is 6.03 Å². The minimum Gasteiger partial charge on any atom is -0.497 e. The number of ether oxygens (including phenoxy) is 1. The van der Waals surface area contributed by atoms with Crippen molar-refractivity contribution in [2.45, 2.75) is 13.0 Å². The van der Waals surface area contributed by atoms with Crippen molar-refractivity contribution in [3.05, 3.63) is 29.8 Å². The Morgan fingerprint density at radius 1 is 1.33 bits per heavy atom. The molecule has 0 spiro atoms. The zero-order chi connectivity index (χ0) is 13.5. The molecule has 0 fully saturated rings. The second-order valence-corrected chi connectivity index (χ2v) is 3.92. The predicted octanol–water partition coefficient (Wildman–Crippen LogP) is 1.82. The zero-order valence-electron chi connectivity index (χ0n) is 10.2. The topological polar surface area (TPSA) is 67.4 Å². The number of hydrogen-bond acceptors (Lipinski definition) is 3. The highest BCUT2D eigenvalue weighted by molar-refractivity contribution is 6.28. The molecule has 0 radical (unpaired) electrons. The Morgan fingerprint density at radius 2 is 1.94 bits per heavy atom. The molecule has 0 saturated heterocycles. The van der Waals surface area contributed by atoms with Crippen LogP contribution in [0.3, 0.4) is 0 Å². The molecule has 18 heavy (non-hydrogen) atoms. The highest BCUT2D eigenvalue weighted by Gasteiger charge is 2.11. The molecule has 1 aromatic carbocycles. The summed E-state index contributed by atoms with van der Waals surface area (Å²) in [4.78, 5) is 22.3. The number of benzene rings is 1. The van der Waals surface area contributed by atoms with Crippen molar-refractivity contribution < 1.29 is 14.3 Å². The van der Waals surface area contributed by atoms with Crippen LogP contribution in [0.25, 0.3) is 0 Å². The molecule has 5 nitrogen and oxygen atoms in total. The van der Waals surface area contributed by atoms with E-state index < -0.39 is 11.9 Å². The molecule has 0 saturated carbocycles. The van der Waals surface area contributed by atoms with Crippen LogP contribution in [0.5, 0.6) is 5.75 Å². The smallest absolute Gasteiger partial charge is 0.321 e. The van der Waals surface area contributed by atoms with Gasteiger partial charge in [0.15, 0.2) is 0 Å². The molecule has 98 valence electrons. The fourth-order valence-corrected chi connectivity index (χ4v) is 1.44. The van der Waals surface area contributed by atoms with Gasteiger partial charge in [-0.15, -0.1) is 11.6 Å². The van der Waals surface area contributed by atoms with Crippen LogP contribution < -0.4 is 15.4 Å². The van der Waals surface area contributed by atoms with Crippen LogP contribution in [0.4, 0.5) is 4.79 Å². The van der Waals surface area contributed by atoms with Crippen molar-refractivity contribution in [1.29, 1.82) is 0 Å². The normalized spacial score (nSPS) is 11.5. The predicted molar refractivity (Wildman–Crippen MR) is 68.8 cm³/mol. The number of hydrogen-bond donors (Lipinski definition) is 2. The Morgan fingerprint density at radius 3 is 2.44 bits per heavy atom. The summed E-state index contributed by atoms with van der Waals surface area (Å²) in [5.74, 6) is -0.0338. The van der Waals surface area contributed by atoms with Gasteiger partial charge in [0.25, 0.3) is 0 Å². The summed E-state index contributed by atoms with van der Waals surface area (Å²) < 4.78 is 5.04. The second-order valence-electron chi connectivity index (χ2n) is 3.65. The second kappa shape index (κ2) is 6.86. The largest absolute Gasteiger partial charge is 0.497 e. The molecule has 1 atom stereocenters. The number of carbonyl (C=O) groups is 2. The maximum atomic E-state index is 11.4. The number of nitrogens with one attached hydrogen (secondary N) is 2. The molecular formula is C12H15ClN2O3. The van der Waals surface area contributed by atoms with Crippen molar-refractivity contribution in [3.63, 3.8) is 0 Å². The van der Waals surface area contributed by atoms with E-state index >= 15 is 0 Å². The number of rotatable bonds is 4. The molecule has 1 aromatic rings. The standard InChI is InChI=1S/C12H15ClN2O3/c1-8(14-12(17)15-11(16)7-13)9-3-5-10(18-2)6-4-9/h3-6,8H,7H2,1-2H3,(H2,14,15,16,17). The first-order chi connectivity index (χ1) is 8.56. The Labute approximate surface area is 110 Å². The fraction of sp³-hybridized carbons (Fsp3) is 0.333. The Kier molecular flexibility index (Phi) is 5.45. The lowest BCUT2D eigenvalue weighted by Crippen LogP contribution is -2.41. The van der Waals surface area contributed by atoms with E-state index in [0.29, 0.717) is 0 Å². The highest BCUT2D eigenvalue weighted by atomic mass is 35.5. The van der Waals surface area contributed by atoms with Gasteiger partial charge in [-0.25, -0.2) is 4.79 Å². The number of carbonyl (C=O) groups excluding carboxylic acids is 2. The molecule has 0 aliphatic rings. The summed E-state index contributed by atoms with van der Waals surface area (Å²) in [7, 11) is 1.59. The van der Waals surface area contributed by atoms with Crippen molar-refractivity contribution in [3.8, 4) is 5.75 Å². The molecule has 1 rings (SSSR count). The average molecular weight is 271 g/mol. The zero-order valence-corrected chi connectivity index (χ0v) is 11.0. The van der Waals surface area contributed by atoms with E-state index in [9.17, 15) is 9.59 Å². The number of alkyl halides is 1. The van der Waals surface area contributed by atoms with Crippen LogP contribution in [0, 0.1) is 0 Å². The van der Waals surface area contributed by atoms with Gasteiger partial charge in [0, 0.05) is 0 Å². The maximum absolute atomic E-state index is 11.4. The van der Waals surface area contributed by atoms with Crippen molar-refractivity contribution in [2.24, 2.45) is 0 Å². The van der Waals surface area contributed by atoms with Crippen molar-refractivity contribution in [2.75, 3.05) is 13.0 Å². The fourth-order valence-electron chi connectivity index (χ4n) is 1.37. The van der Waals surface area contributed by atoms with Gasteiger partial charge in [0.05, 0.1) is 13.2 Å². The minimum atomic E-state index is -0.566. The van der Waals surface area contributed by atoms with Gasteiger partial charge in [0.1, 0.15) is 11.6 Å². The first kappa shape index (κ1) is 14.3. The van der Waals surface area contributed by atoms with Crippen LogP contribution in [-0.4, -0.2) is 24.9 Å². The molecule has 0 aliphatic carbocycles. The van der Waals surface area contributed by atoms with E-state index in [4.69, 9.17) is 16.3 Å². The minimum absolute atomic E-state index is 0.223. The van der Waals surface area contributed by atoms with Gasteiger partial charge < -0.3 is 10.1 Å². The Balaban J connectivity index is 2.56. The van der Waals surface area contributed by atoms with Crippen LogP contribution in [0.2, 0.25) is 0 Å². The third-order valence-electron chi connectivity index (χ3n) is 2.34.